The molecule has 0 spiro atoms. The van der Waals surface area contributed by atoms with E-state index in [-0.39, 0.29) is 30.4 Å². The quantitative estimate of drug-likeness (QED) is 0.568. The molecule has 4 rings (SSSR count). The third-order valence-corrected chi connectivity index (χ3v) is 6.58. The summed E-state index contributed by atoms with van der Waals surface area (Å²) in [6.45, 7) is 1.81. The summed E-state index contributed by atoms with van der Waals surface area (Å²) in [5.41, 5.74) is 4.62. The third-order valence-electron chi connectivity index (χ3n) is 6.58. The SMILES string of the molecule is COC(C)C(NC(=O)C1CC(NC(=O)OCC2c3ccccc3-c3ccccc32)C1)C(=O)O. The molecule has 3 N–H and O–H groups in total. The molecule has 174 valence electrons. The molecule has 0 saturated heterocycles. The smallest absolute Gasteiger partial charge is 0.407 e. The number of hydrogen-bond acceptors (Lipinski definition) is 5. The number of alkyl carbamates (subject to hydrolysis) is 1. The van der Waals surface area contributed by atoms with Gasteiger partial charge in [-0.1, -0.05) is 48.5 Å². The molecule has 8 heteroatoms. The van der Waals surface area contributed by atoms with Gasteiger partial charge in [0.2, 0.25) is 5.91 Å². The van der Waals surface area contributed by atoms with Gasteiger partial charge in [-0.05, 0) is 42.0 Å². The molecule has 2 aliphatic rings. The van der Waals surface area contributed by atoms with Crippen LogP contribution in [0.3, 0.4) is 0 Å². The molecular formula is C25H28N2O6. The first-order valence-corrected chi connectivity index (χ1v) is 11.1. The van der Waals surface area contributed by atoms with E-state index in [9.17, 15) is 19.5 Å². The maximum absolute atomic E-state index is 12.4. The number of amides is 2. The highest BCUT2D eigenvalue weighted by Gasteiger charge is 2.38. The molecule has 1 fully saturated rings. The summed E-state index contributed by atoms with van der Waals surface area (Å²) in [7, 11) is 1.39. The van der Waals surface area contributed by atoms with E-state index in [1.54, 1.807) is 6.92 Å². The van der Waals surface area contributed by atoms with Gasteiger partial charge in [0.1, 0.15) is 6.61 Å². The third kappa shape index (κ3) is 4.71. The van der Waals surface area contributed by atoms with Gasteiger partial charge in [-0.2, -0.15) is 0 Å². The number of benzene rings is 2. The minimum Gasteiger partial charge on any atom is -0.480 e. The van der Waals surface area contributed by atoms with Crippen molar-refractivity contribution in [3.63, 3.8) is 0 Å². The summed E-state index contributed by atoms with van der Waals surface area (Å²) in [4.78, 5) is 36.1. The number of carboxylic acids is 1. The maximum Gasteiger partial charge on any atom is 0.407 e. The highest BCUT2D eigenvalue weighted by atomic mass is 16.5. The average molecular weight is 453 g/mol. The van der Waals surface area contributed by atoms with Crippen molar-refractivity contribution in [1.82, 2.24) is 10.6 Å². The molecule has 8 nitrogen and oxygen atoms in total. The fraction of sp³-hybridized carbons (Fsp3) is 0.400. The van der Waals surface area contributed by atoms with Crippen molar-refractivity contribution in [2.24, 2.45) is 5.92 Å². The Balaban J connectivity index is 1.26. The van der Waals surface area contributed by atoms with Crippen LogP contribution in [0.4, 0.5) is 4.79 Å². The molecule has 33 heavy (non-hydrogen) atoms. The summed E-state index contributed by atoms with van der Waals surface area (Å²) in [6.07, 6.45) is -0.300. The summed E-state index contributed by atoms with van der Waals surface area (Å²) in [5.74, 6) is -1.86. The molecule has 0 heterocycles. The molecular weight excluding hydrogens is 424 g/mol. The molecule has 2 unspecified atom stereocenters. The Morgan fingerprint density at radius 2 is 1.61 bits per heavy atom. The number of carbonyl (C=O) groups is 3. The van der Waals surface area contributed by atoms with E-state index in [0.717, 1.165) is 22.3 Å². The van der Waals surface area contributed by atoms with E-state index in [1.807, 2.05) is 24.3 Å². The minimum absolute atomic E-state index is 0.0150. The standard InChI is InChI=1S/C25H28N2O6/c1-14(32-2)22(24(29)30)27-23(28)15-11-16(12-15)26-25(31)33-13-21-19-9-5-3-7-17(19)18-8-4-6-10-20(18)21/h3-10,14-16,21-22H,11-13H2,1-2H3,(H,26,31)(H,27,28)(H,29,30). The average Bonchev–Trinajstić information content (AvgIpc) is 3.11. The van der Waals surface area contributed by atoms with Gasteiger partial charge in [-0.3, -0.25) is 4.79 Å². The van der Waals surface area contributed by atoms with Crippen molar-refractivity contribution < 1.29 is 29.0 Å². The summed E-state index contributed by atoms with van der Waals surface area (Å²) in [6, 6.07) is 15.0. The largest absolute Gasteiger partial charge is 0.480 e. The normalized spacial score (nSPS) is 20.5. The number of rotatable bonds is 8. The van der Waals surface area contributed by atoms with Crippen LogP contribution >= 0.6 is 0 Å². The fourth-order valence-electron chi connectivity index (χ4n) is 4.54. The van der Waals surface area contributed by atoms with Crippen molar-refractivity contribution in [2.75, 3.05) is 13.7 Å². The van der Waals surface area contributed by atoms with Crippen LogP contribution in [0.25, 0.3) is 11.1 Å². The predicted molar refractivity (Wildman–Crippen MR) is 121 cm³/mol. The van der Waals surface area contributed by atoms with E-state index in [2.05, 4.69) is 34.9 Å². The summed E-state index contributed by atoms with van der Waals surface area (Å²) in [5, 5.41) is 14.6. The van der Waals surface area contributed by atoms with Gasteiger partial charge in [-0.25, -0.2) is 9.59 Å². The molecule has 2 amide bonds. The Bertz CT molecular complexity index is 1000. The molecule has 1 saturated carbocycles. The number of aliphatic carboxylic acids is 1. The van der Waals surface area contributed by atoms with Crippen LogP contribution in [0.15, 0.2) is 48.5 Å². The lowest BCUT2D eigenvalue weighted by Gasteiger charge is -2.35. The van der Waals surface area contributed by atoms with Gasteiger partial charge in [0.15, 0.2) is 6.04 Å². The van der Waals surface area contributed by atoms with Crippen LogP contribution in [-0.4, -0.2) is 55.0 Å². The highest BCUT2D eigenvalue weighted by molar-refractivity contribution is 5.86. The van der Waals surface area contributed by atoms with Gasteiger partial charge in [0.05, 0.1) is 6.10 Å². The molecule has 2 aliphatic carbocycles. The Hall–Kier alpha value is -3.39. The minimum atomic E-state index is -1.15. The number of fused-ring (bicyclic) bond motifs is 3. The Labute approximate surface area is 192 Å². The Morgan fingerprint density at radius 3 is 2.15 bits per heavy atom. The summed E-state index contributed by atoms with van der Waals surface area (Å²) >= 11 is 0. The number of nitrogens with one attached hydrogen (secondary N) is 2. The second-order valence-corrected chi connectivity index (χ2v) is 8.60. The first kappa shape index (κ1) is 22.8. The van der Waals surface area contributed by atoms with E-state index in [1.165, 1.54) is 7.11 Å². The van der Waals surface area contributed by atoms with Crippen LogP contribution < -0.4 is 10.6 Å². The Morgan fingerprint density at radius 1 is 1.03 bits per heavy atom. The number of carboxylic acid groups (broad SMARTS) is 1. The fourth-order valence-corrected chi connectivity index (χ4v) is 4.54. The molecule has 0 aromatic heterocycles. The lowest BCUT2D eigenvalue weighted by atomic mass is 9.79. The second kappa shape index (κ2) is 9.62. The maximum atomic E-state index is 12.4. The van der Waals surface area contributed by atoms with E-state index < -0.39 is 24.2 Å². The van der Waals surface area contributed by atoms with E-state index in [4.69, 9.17) is 9.47 Å². The van der Waals surface area contributed by atoms with Gasteiger partial charge in [-0.15, -0.1) is 0 Å². The lowest BCUT2D eigenvalue weighted by molar-refractivity contribution is -0.146. The lowest BCUT2D eigenvalue weighted by Crippen LogP contribution is -2.54. The van der Waals surface area contributed by atoms with Gasteiger partial charge in [0, 0.05) is 25.0 Å². The van der Waals surface area contributed by atoms with Gasteiger partial charge < -0.3 is 25.2 Å². The van der Waals surface area contributed by atoms with Crippen molar-refractivity contribution in [1.29, 1.82) is 0 Å². The van der Waals surface area contributed by atoms with Crippen molar-refractivity contribution in [3.8, 4) is 11.1 Å². The topological polar surface area (TPSA) is 114 Å². The zero-order valence-electron chi connectivity index (χ0n) is 18.6. The number of hydrogen-bond donors (Lipinski definition) is 3. The van der Waals surface area contributed by atoms with Crippen LogP contribution in [0.2, 0.25) is 0 Å². The molecule has 0 radical (unpaired) electrons. The van der Waals surface area contributed by atoms with Gasteiger partial charge in [0.25, 0.3) is 0 Å². The number of ether oxygens (including phenoxy) is 2. The Kier molecular flexibility index (Phi) is 6.65. The molecule has 2 aromatic rings. The van der Waals surface area contributed by atoms with Crippen LogP contribution in [-0.2, 0) is 19.1 Å². The van der Waals surface area contributed by atoms with Crippen LogP contribution in [0.1, 0.15) is 36.8 Å². The van der Waals surface area contributed by atoms with Crippen molar-refractivity contribution in [3.05, 3.63) is 59.7 Å². The molecule has 2 atom stereocenters. The monoisotopic (exact) mass is 452 g/mol. The first-order chi connectivity index (χ1) is 15.9. The van der Waals surface area contributed by atoms with E-state index in [0.29, 0.717) is 12.8 Å². The molecule has 0 bridgehead atoms. The van der Waals surface area contributed by atoms with Crippen molar-refractivity contribution in [2.45, 2.75) is 43.9 Å². The van der Waals surface area contributed by atoms with E-state index >= 15 is 0 Å². The molecule has 2 aromatic carbocycles. The first-order valence-electron chi connectivity index (χ1n) is 11.1. The second-order valence-electron chi connectivity index (χ2n) is 8.60. The number of methoxy groups -OCH3 is 1. The van der Waals surface area contributed by atoms with Crippen LogP contribution in [0, 0.1) is 5.92 Å². The predicted octanol–water partition coefficient (Wildman–Crippen LogP) is 2.91. The van der Waals surface area contributed by atoms with Crippen molar-refractivity contribution >= 4 is 18.0 Å². The molecule has 0 aliphatic heterocycles. The van der Waals surface area contributed by atoms with Crippen LogP contribution in [0.5, 0.6) is 0 Å². The number of carbonyl (C=O) groups excluding carboxylic acids is 2. The zero-order chi connectivity index (χ0) is 23.5. The zero-order valence-corrected chi connectivity index (χ0v) is 18.6. The summed E-state index contributed by atoms with van der Waals surface area (Å²) < 4.78 is 10.6. The van der Waals surface area contributed by atoms with Gasteiger partial charge >= 0.3 is 12.1 Å². The highest BCUT2D eigenvalue weighted by Crippen LogP contribution is 2.44.